The van der Waals surface area contributed by atoms with Crippen molar-refractivity contribution in [1.82, 2.24) is 25.0 Å². The minimum absolute atomic E-state index is 0.0346. The summed E-state index contributed by atoms with van der Waals surface area (Å²) in [4.78, 5) is 14.2. The lowest BCUT2D eigenvalue weighted by molar-refractivity contribution is -0.123. The Morgan fingerprint density at radius 3 is 2.65 bits per heavy atom. The SMILES string of the molecule is Cc1nnc(CN(C)CC(=O)NC(CN)C2CCCCC2)n1C. The molecule has 0 spiro atoms. The summed E-state index contributed by atoms with van der Waals surface area (Å²) in [6.45, 7) is 3.37. The summed E-state index contributed by atoms with van der Waals surface area (Å²) in [7, 11) is 3.85. The van der Waals surface area contributed by atoms with E-state index in [1.807, 2.05) is 30.5 Å². The number of likely N-dealkylation sites (N-methyl/N-ethyl adjacent to an activating group) is 1. The van der Waals surface area contributed by atoms with Crippen molar-refractivity contribution in [3.63, 3.8) is 0 Å². The molecule has 0 aliphatic heterocycles. The molecule has 1 heterocycles. The Balaban J connectivity index is 1.81. The molecular formula is C16H30N6O. The Hall–Kier alpha value is -1.47. The van der Waals surface area contributed by atoms with E-state index in [9.17, 15) is 4.79 Å². The first-order valence-electron chi connectivity index (χ1n) is 8.54. The highest BCUT2D eigenvalue weighted by Crippen LogP contribution is 2.26. The van der Waals surface area contributed by atoms with Gasteiger partial charge in [0.1, 0.15) is 11.6 Å². The molecule has 1 aromatic rings. The van der Waals surface area contributed by atoms with E-state index in [1.54, 1.807) is 0 Å². The smallest absolute Gasteiger partial charge is 0.234 e. The Kier molecular flexibility index (Phi) is 6.53. The number of carbonyl (C=O) groups is 1. The number of aromatic nitrogens is 3. The maximum absolute atomic E-state index is 12.3. The fraction of sp³-hybridized carbons (Fsp3) is 0.812. The van der Waals surface area contributed by atoms with E-state index in [-0.39, 0.29) is 11.9 Å². The van der Waals surface area contributed by atoms with Gasteiger partial charge in [-0.2, -0.15) is 0 Å². The van der Waals surface area contributed by atoms with Crippen LogP contribution in [-0.2, 0) is 18.4 Å². The molecule has 1 aromatic heterocycles. The summed E-state index contributed by atoms with van der Waals surface area (Å²) in [6.07, 6.45) is 6.17. The van der Waals surface area contributed by atoms with Gasteiger partial charge in [-0.3, -0.25) is 9.69 Å². The zero-order chi connectivity index (χ0) is 16.8. The third-order valence-corrected chi connectivity index (χ3v) is 4.83. The van der Waals surface area contributed by atoms with E-state index < -0.39 is 0 Å². The van der Waals surface area contributed by atoms with Gasteiger partial charge < -0.3 is 15.6 Å². The van der Waals surface area contributed by atoms with Crippen molar-refractivity contribution in [2.45, 2.75) is 51.6 Å². The van der Waals surface area contributed by atoms with Crippen LogP contribution in [0, 0.1) is 12.8 Å². The van der Waals surface area contributed by atoms with Crippen molar-refractivity contribution in [1.29, 1.82) is 0 Å². The van der Waals surface area contributed by atoms with Gasteiger partial charge in [-0.05, 0) is 32.7 Å². The van der Waals surface area contributed by atoms with Crippen LogP contribution in [0.3, 0.4) is 0 Å². The second-order valence-corrected chi connectivity index (χ2v) is 6.70. The van der Waals surface area contributed by atoms with Crippen molar-refractivity contribution in [2.75, 3.05) is 20.1 Å². The van der Waals surface area contributed by atoms with Crippen LogP contribution < -0.4 is 11.1 Å². The van der Waals surface area contributed by atoms with E-state index in [0.29, 0.717) is 25.6 Å². The number of carbonyl (C=O) groups excluding carboxylic acids is 1. The highest BCUT2D eigenvalue weighted by Gasteiger charge is 2.24. The zero-order valence-corrected chi connectivity index (χ0v) is 14.6. The van der Waals surface area contributed by atoms with Crippen molar-refractivity contribution in [3.05, 3.63) is 11.6 Å². The number of hydrogen-bond acceptors (Lipinski definition) is 5. The van der Waals surface area contributed by atoms with Crippen molar-refractivity contribution in [3.8, 4) is 0 Å². The number of aryl methyl sites for hydroxylation is 1. The van der Waals surface area contributed by atoms with Gasteiger partial charge in [0.25, 0.3) is 0 Å². The van der Waals surface area contributed by atoms with Gasteiger partial charge in [0.2, 0.25) is 5.91 Å². The van der Waals surface area contributed by atoms with Crippen LogP contribution in [0.15, 0.2) is 0 Å². The first-order chi connectivity index (χ1) is 11.0. The van der Waals surface area contributed by atoms with Crippen LogP contribution in [0.1, 0.15) is 43.8 Å². The highest BCUT2D eigenvalue weighted by atomic mass is 16.2. The lowest BCUT2D eigenvalue weighted by Crippen LogP contribution is -2.48. The van der Waals surface area contributed by atoms with Crippen molar-refractivity contribution >= 4 is 5.91 Å². The van der Waals surface area contributed by atoms with Gasteiger partial charge in [-0.15, -0.1) is 10.2 Å². The van der Waals surface area contributed by atoms with Crippen LogP contribution in [-0.4, -0.2) is 51.8 Å². The van der Waals surface area contributed by atoms with Gasteiger partial charge in [-0.1, -0.05) is 19.3 Å². The molecule has 0 bridgehead atoms. The molecule has 1 atom stereocenters. The first-order valence-corrected chi connectivity index (χ1v) is 8.54. The fourth-order valence-corrected chi connectivity index (χ4v) is 3.29. The molecule has 130 valence electrons. The first kappa shape index (κ1) is 17.9. The average molecular weight is 322 g/mol. The van der Waals surface area contributed by atoms with E-state index in [1.165, 1.54) is 32.1 Å². The molecule has 1 saturated carbocycles. The van der Waals surface area contributed by atoms with E-state index in [0.717, 1.165) is 11.6 Å². The summed E-state index contributed by atoms with van der Waals surface area (Å²) in [6, 6.07) is 0.105. The fourth-order valence-electron chi connectivity index (χ4n) is 3.29. The van der Waals surface area contributed by atoms with E-state index >= 15 is 0 Å². The summed E-state index contributed by atoms with van der Waals surface area (Å²) >= 11 is 0. The summed E-state index contributed by atoms with van der Waals surface area (Å²) < 4.78 is 1.94. The Labute approximate surface area is 138 Å². The molecule has 7 heteroatoms. The molecule has 0 saturated heterocycles. The van der Waals surface area contributed by atoms with Gasteiger partial charge >= 0.3 is 0 Å². The molecule has 0 radical (unpaired) electrons. The number of amides is 1. The molecule has 1 aliphatic rings. The molecule has 2 rings (SSSR count). The molecule has 3 N–H and O–H groups in total. The van der Waals surface area contributed by atoms with Crippen LogP contribution in [0.4, 0.5) is 0 Å². The lowest BCUT2D eigenvalue weighted by atomic mass is 9.84. The largest absolute Gasteiger partial charge is 0.351 e. The monoisotopic (exact) mass is 322 g/mol. The minimum Gasteiger partial charge on any atom is -0.351 e. The lowest BCUT2D eigenvalue weighted by Gasteiger charge is -2.30. The third-order valence-electron chi connectivity index (χ3n) is 4.83. The van der Waals surface area contributed by atoms with Crippen LogP contribution in [0.5, 0.6) is 0 Å². The molecule has 1 fully saturated rings. The standard InChI is InChI=1S/C16H30N6O/c1-12-19-20-15(22(12)3)10-21(2)11-16(23)18-14(9-17)13-7-5-4-6-8-13/h13-14H,4-11,17H2,1-3H3,(H,18,23). The third kappa shape index (κ3) is 5.00. The van der Waals surface area contributed by atoms with Gasteiger partial charge in [0, 0.05) is 19.6 Å². The number of nitrogens with one attached hydrogen (secondary N) is 1. The van der Waals surface area contributed by atoms with Crippen LogP contribution in [0.25, 0.3) is 0 Å². The maximum atomic E-state index is 12.3. The second kappa shape index (κ2) is 8.40. The summed E-state index contributed by atoms with van der Waals surface area (Å²) in [5, 5.41) is 11.3. The topological polar surface area (TPSA) is 89.1 Å². The quantitative estimate of drug-likeness (QED) is 0.766. The Morgan fingerprint density at radius 2 is 2.09 bits per heavy atom. The predicted octanol–water partition coefficient (Wildman–Crippen LogP) is 0.579. The molecular weight excluding hydrogens is 292 g/mol. The number of nitrogens with two attached hydrogens (primary N) is 1. The van der Waals surface area contributed by atoms with Crippen LogP contribution in [0.2, 0.25) is 0 Å². The summed E-state index contributed by atoms with van der Waals surface area (Å²) in [5.41, 5.74) is 5.88. The number of hydrogen-bond donors (Lipinski definition) is 2. The highest BCUT2D eigenvalue weighted by molar-refractivity contribution is 5.78. The zero-order valence-electron chi connectivity index (χ0n) is 14.6. The van der Waals surface area contributed by atoms with Gasteiger partial charge in [0.05, 0.1) is 13.1 Å². The minimum atomic E-state index is 0.0346. The van der Waals surface area contributed by atoms with Crippen LogP contribution >= 0.6 is 0 Å². The maximum Gasteiger partial charge on any atom is 0.234 e. The average Bonchev–Trinajstić information content (AvgIpc) is 2.85. The molecule has 23 heavy (non-hydrogen) atoms. The molecule has 1 unspecified atom stereocenters. The Morgan fingerprint density at radius 1 is 1.39 bits per heavy atom. The molecule has 7 nitrogen and oxygen atoms in total. The Bertz CT molecular complexity index is 509. The van der Waals surface area contributed by atoms with Gasteiger partial charge in [0.15, 0.2) is 0 Å². The predicted molar refractivity (Wildman–Crippen MR) is 89.6 cm³/mol. The summed E-state index contributed by atoms with van der Waals surface area (Å²) in [5.74, 6) is 2.30. The van der Waals surface area contributed by atoms with E-state index in [2.05, 4.69) is 15.5 Å². The second-order valence-electron chi connectivity index (χ2n) is 6.70. The normalized spacial score (nSPS) is 17.4. The van der Waals surface area contributed by atoms with Gasteiger partial charge in [-0.25, -0.2) is 0 Å². The van der Waals surface area contributed by atoms with Crippen molar-refractivity contribution < 1.29 is 4.79 Å². The molecule has 1 amide bonds. The van der Waals surface area contributed by atoms with E-state index in [4.69, 9.17) is 5.73 Å². The molecule has 1 aliphatic carbocycles. The number of nitrogens with zero attached hydrogens (tertiary/aromatic N) is 4. The molecule has 0 aromatic carbocycles. The van der Waals surface area contributed by atoms with Crippen molar-refractivity contribution in [2.24, 2.45) is 18.7 Å². The number of rotatable bonds is 7.